The van der Waals surface area contributed by atoms with E-state index in [0.717, 1.165) is 23.0 Å². The number of thiazole rings is 1. The summed E-state index contributed by atoms with van der Waals surface area (Å²) < 4.78 is 19.7. The van der Waals surface area contributed by atoms with Crippen molar-refractivity contribution in [1.82, 2.24) is 4.98 Å². The summed E-state index contributed by atoms with van der Waals surface area (Å²) in [4.78, 5) is 28.8. The smallest absolute Gasteiger partial charge is 0.395 e. The van der Waals surface area contributed by atoms with Crippen LogP contribution in [0.5, 0.6) is 0 Å². The van der Waals surface area contributed by atoms with E-state index in [-0.39, 0.29) is 23.0 Å². The number of fused-ring (bicyclic) bond motifs is 1. The third-order valence-corrected chi connectivity index (χ3v) is 5.04. The summed E-state index contributed by atoms with van der Waals surface area (Å²) in [6, 6.07) is 16.1. The zero-order valence-corrected chi connectivity index (χ0v) is 15.1. The topological polar surface area (TPSA) is 89.5 Å². The minimum Gasteiger partial charge on any atom is -0.395 e. The maximum absolute atomic E-state index is 14.1. The zero-order chi connectivity index (χ0) is 19.7. The van der Waals surface area contributed by atoms with Crippen LogP contribution in [0.15, 0.2) is 65.1 Å². The summed E-state index contributed by atoms with van der Waals surface area (Å²) in [6.07, 6.45) is 0. The average Bonchev–Trinajstić information content (AvgIpc) is 3.34. The van der Waals surface area contributed by atoms with Gasteiger partial charge in [0.05, 0.1) is 17.3 Å². The second-order valence-electron chi connectivity index (χ2n) is 5.85. The molecule has 0 aliphatic rings. The van der Waals surface area contributed by atoms with Gasteiger partial charge in [0.15, 0.2) is 10.9 Å². The lowest BCUT2D eigenvalue weighted by molar-refractivity contribution is -0.402. The van der Waals surface area contributed by atoms with E-state index in [2.05, 4.69) is 4.98 Å². The van der Waals surface area contributed by atoms with Gasteiger partial charge in [0.25, 0.3) is 5.91 Å². The molecule has 0 aliphatic carbocycles. The van der Waals surface area contributed by atoms with Gasteiger partial charge in [0.2, 0.25) is 0 Å². The van der Waals surface area contributed by atoms with Crippen LogP contribution in [-0.2, 0) is 6.54 Å². The molecule has 0 spiro atoms. The molecule has 2 aromatic carbocycles. The Labute approximate surface area is 161 Å². The van der Waals surface area contributed by atoms with Crippen LogP contribution in [0.1, 0.15) is 16.1 Å². The second-order valence-corrected chi connectivity index (χ2v) is 6.86. The maximum Gasteiger partial charge on any atom is 0.433 e. The Bertz CT molecular complexity index is 1170. The largest absolute Gasteiger partial charge is 0.433 e. The summed E-state index contributed by atoms with van der Waals surface area (Å²) in [6.45, 7) is 0.148. The van der Waals surface area contributed by atoms with Gasteiger partial charge in [0, 0.05) is 0 Å². The Kier molecular flexibility index (Phi) is 4.58. The summed E-state index contributed by atoms with van der Waals surface area (Å²) in [5.74, 6) is -1.81. The van der Waals surface area contributed by atoms with Gasteiger partial charge in [-0.2, -0.15) is 0 Å². The molecule has 140 valence electrons. The standard InChI is InChI=1S/C19H12FN3O4S/c20-13-7-4-8-15-17(13)21-19(28-15)22(11-12-5-2-1-3-6-12)18(24)14-9-10-16(27-14)23(25)26/h1-10H,11H2. The number of nitro groups is 1. The molecule has 0 N–H and O–H groups in total. The first-order valence-corrected chi connectivity index (χ1v) is 8.99. The van der Waals surface area contributed by atoms with Crippen molar-refractivity contribution in [2.75, 3.05) is 4.90 Å². The number of furan rings is 1. The van der Waals surface area contributed by atoms with Gasteiger partial charge in [-0.25, -0.2) is 9.37 Å². The third-order valence-electron chi connectivity index (χ3n) is 4.00. The number of benzene rings is 2. The van der Waals surface area contributed by atoms with Gasteiger partial charge in [-0.05, 0) is 23.8 Å². The van der Waals surface area contributed by atoms with E-state index in [9.17, 15) is 19.3 Å². The number of carbonyl (C=O) groups is 1. The first kappa shape index (κ1) is 17.8. The summed E-state index contributed by atoms with van der Waals surface area (Å²) in [5, 5.41) is 11.1. The fraction of sp³-hybridized carbons (Fsp3) is 0.0526. The van der Waals surface area contributed by atoms with Gasteiger partial charge in [-0.1, -0.05) is 47.7 Å². The van der Waals surface area contributed by atoms with Gasteiger partial charge in [-0.3, -0.25) is 19.8 Å². The Morgan fingerprint density at radius 3 is 2.61 bits per heavy atom. The molecule has 9 heteroatoms. The Morgan fingerprint density at radius 1 is 1.14 bits per heavy atom. The van der Waals surface area contributed by atoms with Crippen LogP contribution in [0.4, 0.5) is 15.4 Å². The predicted molar refractivity (Wildman–Crippen MR) is 102 cm³/mol. The van der Waals surface area contributed by atoms with Crippen molar-refractivity contribution in [1.29, 1.82) is 0 Å². The van der Waals surface area contributed by atoms with Crippen LogP contribution in [-0.4, -0.2) is 15.8 Å². The lowest BCUT2D eigenvalue weighted by Crippen LogP contribution is -2.30. The molecule has 0 saturated heterocycles. The van der Waals surface area contributed by atoms with E-state index in [0.29, 0.717) is 4.70 Å². The first-order valence-electron chi connectivity index (χ1n) is 8.18. The van der Waals surface area contributed by atoms with Crippen molar-refractivity contribution >= 4 is 38.5 Å². The molecule has 0 saturated carbocycles. The average molecular weight is 397 g/mol. The van der Waals surface area contributed by atoms with Gasteiger partial charge < -0.3 is 4.42 Å². The highest BCUT2D eigenvalue weighted by Crippen LogP contribution is 2.32. The lowest BCUT2D eigenvalue weighted by Gasteiger charge is -2.18. The van der Waals surface area contributed by atoms with Crippen LogP contribution in [0.3, 0.4) is 0 Å². The maximum atomic E-state index is 14.1. The van der Waals surface area contributed by atoms with E-state index in [1.807, 2.05) is 30.3 Å². The Hall–Kier alpha value is -3.59. The van der Waals surface area contributed by atoms with Gasteiger partial charge in [-0.15, -0.1) is 0 Å². The molecule has 7 nitrogen and oxygen atoms in total. The molecule has 0 fully saturated rings. The number of para-hydroxylation sites is 1. The lowest BCUT2D eigenvalue weighted by atomic mass is 10.2. The fourth-order valence-electron chi connectivity index (χ4n) is 2.68. The molecule has 28 heavy (non-hydrogen) atoms. The highest BCUT2D eigenvalue weighted by Gasteiger charge is 2.26. The molecule has 4 rings (SSSR count). The van der Waals surface area contributed by atoms with Crippen LogP contribution in [0.2, 0.25) is 0 Å². The third kappa shape index (κ3) is 3.35. The summed E-state index contributed by atoms with van der Waals surface area (Å²) >= 11 is 1.15. The van der Waals surface area contributed by atoms with Crippen molar-refractivity contribution in [3.05, 3.63) is 87.9 Å². The Morgan fingerprint density at radius 2 is 1.93 bits per heavy atom. The van der Waals surface area contributed by atoms with Crippen LogP contribution < -0.4 is 4.90 Å². The quantitative estimate of drug-likeness (QED) is 0.357. The summed E-state index contributed by atoms with van der Waals surface area (Å²) in [5.41, 5.74) is 0.982. The van der Waals surface area contributed by atoms with Crippen LogP contribution in [0.25, 0.3) is 10.2 Å². The molecule has 0 bridgehead atoms. The number of amides is 1. The predicted octanol–water partition coefficient (Wildman–Crippen LogP) is 4.78. The van der Waals surface area contributed by atoms with E-state index in [4.69, 9.17) is 4.42 Å². The number of hydrogen-bond donors (Lipinski definition) is 0. The molecule has 0 unspecified atom stereocenters. The number of carbonyl (C=O) groups excluding carboxylic acids is 1. The minimum atomic E-state index is -0.717. The molecular weight excluding hydrogens is 385 g/mol. The second kappa shape index (κ2) is 7.20. The Balaban J connectivity index is 1.77. The van der Waals surface area contributed by atoms with Crippen LogP contribution >= 0.6 is 11.3 Å². The van der Waals surface area contributed by atoms with Crippen molar-refractivity contribution in [2.45, 2.75) is 6.54 Å². The van der Waals surface area contributed by atoms with Crippen molar-refractivity contribution < 1.29 is 18.5 Å². The highest BCUT2D eigenvalue weighted by molar-refractivity contribution is 7.22. The minimum absolute atomic E-state index is 0.148. The van der Waals surface area contributed by atoms with Crippen molar-refractivity contribution in [3.8, 4) is 0 Å². The van der Waals surface area contributed by atoms with E-state index < -0.39 is 22.5 Å². The van der Waals surface area contributed by atoms with Gasteiger partial charge >= 0.3 is 5.88 Å². The number of hydrogen-bond acceptors (Lipinski definition) is 6. The molecule has 2 heterocycles. The molecule has 0 atom stereocenters. The number of halogens is 1. The molecule has 2 aromatic heterocycles. The van der Waals surface area contributed by atoms with Crippen molar-refractivity contribution in [3.63, 3.8) is 0 Å². The van der Waals surface area contributed by atoms with Crippen molar-refractivity contribution in [2.24, 2.45) is 0 Å². The van der Waals surface area contributed by atoms with E-state index in [1.165, 1.54) is 17.0 Å². The number of anilines is 1. The van der Waals surface area contributed by atoms with Gasteiger partial charge in [0.1, 0.15) is 16.3 Å². The number of rotatable bonds is 5. The molecule has 0 radical (unpaired) electrons. The zero-order valence-electron chi connectivity index (χ0n) is 14.2. The molecule has 4 aromatic rings. The normalized spacial score (nSPS) is 10.9. The number of aromatic nitrogens is 1. The highest BCUT2D eigenvalue weighted by atomic mass is 32.1. The number of nitrogens with zero attached hydrogens (tertiary/aromatic N) is 3. The van der Waals surface area contributed by atoms with E-state index in [1.54, 1.807) is 12.1 Å². The van der Waals surface area contributed by atoms with Crippen LogP contribution in [0, 0.1) is 15.9 Å². The molecule has 1 amide bonds. The fourth-order valence-corrected chi connectivity index (χ4v) is 3.66. The first-order chi connectivity index (χ1) is 13.5. The molecular formula is C19H12FN3O4S. The monoisotopic (exact) mass is 397 g/mol. The molecule has 0 aliphatic heterocycles. The SMILES string of the molecule is O=C(c1ccc([N+](=O)[O-])o1)N(Cc1ccccc1)c1nc2c(F)cccc2s1. The summed E-state index contributed by atoms with van der Waals surface area (Å²) in [7, 11) is 0. The van der Waals surface area contributed by atoms with E-state index >= 15 is 0 Å².